The maximum Gasteiger partial charge on any atom is 0.410 e. The van der Waals surface area contributed by atoms with E-state index >= 15 is 0 Å². The van der Waals surface area contributed by atoms with Crippen LogP contribution in [0.3, 0.4) is 0 Å². The summed E-state index contributed by atoms with van der Waals surface area (Å²) in [6, 6.07) is 8.32. The number of ether oxygens (including phenoxy) is 2. The second-order valence-electron chi connectivity index (χ2n) is 16.3. The van der Waals surface area contributed by atoms with Crippen molar-refractivity contribution < 1.29 is 19.1 Å². The highest BCUT2D eigenvalue weighted by Crippen LogP contribution is 2.27. The average Bonchev–Trinajstić information content (AvgIpc) is 3.58. The maximum absolute atomic E-state index is 13.3. The lowest BCUT2D eigenvalue weighted by atomic mass is 9.94. The van der Waals surface area contributed by atoms with Gasteiger partial charge in [-0.1, -0.05) is 43.5 Å². The molecule has 0 radical (unpaired) electrons. The quantitative estimate of drug-likeness (QED) is 0.193. The monoisotopic (exact) mass is 734 g/mol. The number of para-hydroxylation sites is 1. The summed E-state index contributed by atoms with van der Waals surface area (Å²) in [5.41, 5.74) is 0.492. The van der Waals surface area contributed by atoms with Gasteiger partial charge in [-0.25, -0.2) is 14.6 Å². The van der Waals surface area contributed by atoms with Crippen molar-refractivity contribution >= 4 is 34.9 Å². The van der Waals surface area contributed by atoms with Crippen LogP contribution in [0.15, 0.2) is 30.5 Å². The average molecular weight is 735 g/mol. The summed E-state index contributed by atoms with van der Waals surface area (Å²) in [5, 5.41) is 13.2. The van der Waals surface area contributed by atoms with Gasteiger partial charge in [0.1, 0.15) is 22.7 Å². The minimum Gasteiger partial charge on any atom is -0.444 e. The van der Waals surface area contributed by atoms with Crippen LogP contribution in [-0.4, -0.2) is 121 Å². The molecule has 14 heteroatoms. The fourth-order valence-corrected chi connectivity index (χ4v) is 6.97. The Hall–Kier alpha value is -4.20. The van der Waals surface area contributed by atoms with Gasteiger partial charge >= 0.3 is 12.2 Å². The molecule has 1 aliphatic heterocycles. The second kappa shape index (κ2) is 18.2. The zero-order chi connectivity index (χ0) is 38.0. The number of nitrogens with zero attached hydrogens (tertiary/aromatic N) is 9. The van der Waals surface area contributed by atoms with Crippen LogP contribution in [-0.2, 0) is 22.6 Å². The van der Waals surface area contributed by atoms with E-state index in [0.717, 1.165) is 80.8 Å². The first-order valence-electron chi connectivity index (χ1n) is 19.6. The molecule has 0 spiro atoms. The Bertz CT molecular complexity index is 1620. The van der Waals surface area contributed by atoms with E-state index in [1.54, 1.807) is 9.58 Å². The van der Waals surface area contributed by atoms with E-state index < -0.39 is 11.2 Å². The van der Waals surface area contributed by atoms with Crippen molar-refractivity contribution in [2.45, 2.75) is 124 Å². The number of fused-ring (bicyclic) bond motifs is 1. The molecule has 1 N–H and O–H groups in total. The second-order valence-corrected chi connectivity index (χ2v) is 16.3. The summed E-state index contributed by atoms with van der Waals surface area (Å²) >= 11 is 0. The van der Waals surface area contributed by atoms with E-state index in [4.69, 9.17) is 19.4 Å². The Morgan fingerprint density at radius 3 is 2.25 bits per heavy atom. The molecule has 1 aromatic carbocycles. The minimum absolute atomic E-state index is 0.168. The molecule has 1 saturated carbocycles. The van der Waals surface area contributed by atoms with Crippen molar-refractivity contribution in [2.24, 2.45) is 0 Å². The summed E-state index contributed by atoms with van der Waals surface area (Å²) < 4.78 is 13.4. The molecule has 0 bridgehead atoms. The van der Waals surface area contributed by atoms with Gasteiger partial charge in [-0.05, 0) is 85.9 Å². The van der Waals surface area contributed by atoms with Crippen LogP contribution in [0, 0.1) is 0 Å². The number of rotatable bonds is 14. The number of hydrogen-bond acceptors (Lipinski definition) is 11. The molecular formula is C39H62N10O4. The van der Waals surface area contributed by atoms with E-state index in [1.165, 1.54) is 6.42 Å². The summed E-state index contributed by atoms with van der Waals surface area (Å²) in [4.78, 5) is 44.7. The molecule has 53 heavy (non-hydrogen) atoms. The van der Waals surface area contributed by atoms with Gasteiger partial charge in [-0.3, -0.25) is 4.68 Å². The minimum atomic E-state index is -0.618. The van der Waals surface area contributed by atoms with E-state index in [0.29, 0.717) is 51.5 Å². The molecule has 5 rings (SSSR count). The third kappa shape index (κ3) is 12.2. The zero-order valence-corrected chi connectivity index (χ0v) is 33.1. The van der Waals surface area contributed by atoms with Crippen LogP contribution < -0.4 is 10.2 Å². The predicted molar refractivity (Wildman–Crippen MR) is 208 cm³/mol. The molecule has 2 amide bonds. The van der Waals surface area contributed by atoms with Crippen molar-refractivity contribution in [1.82, 2.24) is 39.7 Å². The van der Waals surface area contributed by atoms with Gasteiger partial charge < -0.3 is 34.4 Å². The summed E-state index contributed by atoms with van der Waals surface area (Å²) in [7, 11) is 0. The van der Waals surface area contributed by atoms with Gasteiger partial charge in [-0.15, -0.1) is 5.10 Å². The molecule has 14 nitrogen and oxygen atoms in total. The number of benzene rings is 1. The van der Waals surface area contributed by atoms with E-state index in [2.05, 4.69) is 38.4 Å². The Kier molecular flexibility index (Phi) is 13.8. The van der Waals surface area contributed by atoms with Crippen molar-refractivity contribution in [3.63, 3.8) is 0 Å². The molecule has 3 aromatic rings. The zero-order valence-electron chi connectivity index (χ0n) is 33.1. The molecule has 1 aliphatic carbocycles. The topological polar surface area (TPSA) is 134 Å². The lowest BCUT2D eigenvalue weighted by molar-refractivity contribution is 0.00994. The highest BCUT2D eigenvalue weighted by molar-refractivity contribution is 5.90. The number of anilines is 2. The van der Waals surface area contributed by atoms with Gasteiger partial charge in [0.15, 0.2) is 0 Å². The van der Waals surface area contributed by atoms with Crippen molar-refractivity contribution in [3.8, 4) is 0 Å². The normalized spacial score (nSPS) is 16.1. The molecule has 0 atom stereocenters. The Labute approximate surface area is 315 Å². The molecule has 2 aliphatic rings. The van der Waals surface area contributed by atoms with Crippen molar-refractivity contribution in [2.75, 3.05) is 62.6 Å². The Morgan fingerprint density at radius 1 is 0.868 bits per heavy atom. The smallest absolute Gasteiger partial charge is 0.410 e. The highest BCUT2D eigenvalue weighted by atomic mass is 16.6. The fraction of sp³-hybridized carbons (Fsp3) is 0.692. The lowest BCUT2D eigenvalue weighted by Gasteiger charge is -2.36. The standard InChI is InChI=1S/C39H62N10O4/c1-8-45-24-26-46(27-25-45)34-32-18-12-13-19-33(32)41-35(42-34)40-28-30-29-48(44-43-30)22-14-20-47(36(50)52-38(2,3)4)21-15-23-49(31-16-10-9-11-17-31)37(51)53-39(5,6)7/h12-13,18-19,29,31H,8-11,14-17,20-28H2,1-7H3,(H,40,41,42). The van der Waals surface area contributed by atoms with Crippen molar-refractivity contribution in [3.05, 3.63) is 36.2 Å². The fourth-order valence-electron chi connectivity index (χ4n) is 6.97. The maximum atomic E-state index is 13.3. The van der Waals surface area contributed by atoms with Crippen LogP contribution in [0.1, 0.15) is 99.1 Å². The lowest BCUT2D eigenvalue weighted by Crippen LogP contribution is -2.46. The van der Waals surface area contributed by atoms with Gasteiger partial charge in [0.05, 0.1) is 18.3 Å². The molecule has 292 valence electrons. The van der Waals surface area contributed by atoms with Crippen LogP contribution in [0.5, 0.6) is 0 Å². The van der Waals surface area contributed by atoms with E-state index in [1.807, 2.05) is 70.8 Å². The van der Waals surface area contributed by atoms with Crippen LogP contribution >= 0.6 is 0 Å². The number of aryl methyl sites for hydroxylation is 1. The summed E-state index contributed by atoms with van der Waals surface area (Å²) in [6.45, 7) is 21.0. The van der Waals surface area contributed by atoms with Gasteiger partial charge in [0.25, 0.3) is 0 Å². The number of carbonyl (C=O) groups is 2. The van der Waals surface area contributed by atoms with Crippen molar-refractivity contribution in [1.29, 1.82) is 0 Å². The largest absolute Gasteiger partial charge is 0.444 e. The van der Waals surface area contributed by atoms with Crippen LogP contribution in [0.4, 0.5) is 21.4 Å². The van der Waals surface area contributed by atoms with E-state index in [-0.39, 0.29) is 18.2 Å². The van der Waals surface area contributed by atoms with Gasteiger partial charge in [0.2, 0.25) is 5.95 Å². The number of amides is 2. The summed E-state index contributed by atoms with van der Waals surface area (Å²) in [5.74, 6) is 1.52. The number of piperazine rings is 1. The molecular weight excluding hydrogens is 672 g/mol. The highest BCUT2D eigenvalue weighted by Gasteiger charge is 2.30. The third-order valence-electron chi connectivity index (χ3n) is 9.65. The summed E-state index contributed by atoms with van der Waals surface area (Å²) in [6.07, 6.45) is 7.97. The van der Waals surface area contributed by atoms with Crippen LogP contribution in [0.2, 0.25) is 0 Å². The number of hydrogen-bond donors (Lipinski definition) is 1. The van der Waals surface area contributed by atoms with E-state index in [9.17, 15) is 9.59 Å². The Balaban J connectivity index is 1.16. The molecule has 1 saturated heterocycles. The molecule has 3 heterocycles. The molecule has 2 fully saturated rings. The number of likely N-dealkylation sites (N-methyl/N-ethyl adjacent to an activating group) is 1. The van der Waals surface area contributed by atoms with Gasteiger partial charge in [-0.2, -0.15) is 4.98 Å². The molecule has 0 unspecified atom stereocenters. The number of nitrogens with one attached hydrogen (secondary N) is 1. The number of carbonyl (C=O) groups excluding carboxylic acids is 2. The first kappa shape index (κ1) is 40.0. The predicted octanol–water partition coefficient (Wildman–Crippen LogP) is 6.56. The number of aromatic nitrogens is 5. The third-order valence-corrected chi connectivity index (χ3v) is 9.65. The van der Waals surface area contributed by atoms with Crippen LogP contribution in [0.25, 0.3) is 10.9 Å². The first-order chi connectivity index (χ1) is 25.3. The van der Waals surface area contributed by atoms with Gasteiger partial charge in [0, 0.05) is 63.8 Å². The molecule has 2 aromatic heterocycles. The Morgan fingerprint density at radius 2 is 1.55 bits per heavy atom. The SMILES string of the molecule is CCN1CCN(c2nc(NCc3cn(CCCN(CCCN(C(=O)OC(C)(C)C)C4CCCCC4)C(=O)OC(C)(C)C)nn3)nc3ccccc23)CC1. The first-order valence-corrected chi connectivity index (χ1v) is 19.6.